The van der Waals surface area contributed by atoms with Gasteiger partial charge in [0, 0.05) is 30.0 Å². The average Bonchev–Trinajstić information content (AvgIpc) is 2.37. The standard InChI is InChI=1S/C15H17ClN2O2/c1-9(2)12-8-15(20)18-13-7-10(3-4-11(12)13)17-14(19)5-6-16/h3-4,7-9,11H,5-6H2,1-2H3,(H,18,20). The van der Waals surface area contributed by atoms with Crippen LogP contribution >= 0.6 is 11.6 Å². The molecule has 20 heavy (non-hydrogen) atoms. The number of hydrogen-bond acceptors (Lipinski definition) is 2. The van der Waals surface area contributed by atoms with E-state index in [1.165, 1.54) is 0 Å². The maximum absolute atomic E-state index is 11.7. The van der Waals surface area contributed by atoms with Gasteiger partial charge in [-0.2, -0.15) is 0 Å². The Morgan fingerprint density at radius 3 is 2.85 bits per heavy atom. The molecule has 1 atom stereocenters. The number of amides is 2. The van der Waals surface area contributed by atoms with E-state index in [0.717, 1.165) is 11.3 Å². The topological polar surface area (TPSA) is 58.5 Å². The van der Waals surface area contributed by atoms with Gasteiger partial charge in [0.15, 0.2) is 0 Å². The number of nitrogens with one attached hydrogen (secondary N) is 1. The van der Waals surface area contributed by atoms with Gasteiger partial charge in [-0.15, -0.1) is 11.6 Å². The number of hydrogen-bond donors (Lipinski definition) is 1. The SMILES string of the molecule is CC(C)C1=CC(=O)NC2=CC(=NC(=O)CCCl)C=CC21. The monoisotopic (exact) mass is 292 g/mol. The first-order valence-corrected chi connectivity index (χ1v) is 7.14. The minimum absolute atomic E-state index is 0.0646. The van der Waals surface area contributed by atoms with Gasteiger partial charge in [0.2, 0.25) is 11.8 Å². The first-order chi connectivity index (χ1) is 9.51. The van der Waals surface area contributed by atoms with Crippen molar-refractivity contribution < 1.29 is 9.59 Å². The van der Waals surface area contributed by atoms with Gasteiger partial charge in [-0.1, -0.05) is 19.9 Å². The molecule has 0 aromatic rings. The summed E-state index contributed by atoms with van der Waals surface area (Å²) in [5, 5.41) is 2.81. The molecule has 1 aliphatic carbocycles. The summed E-state index contributed by atoms with van der Waals surface area (Å²) in [6.45, 7) is 4.12. The Bertz CT molecular complexity index is 556. The smallest absolute Gasteiger partial charge is 0.248 e. The van der Waals surface area contributed by atoms with Gasteiger partial charge in [0.25, 0.3) is 0 Å². The van der Waals surface area contributed by atoms with E-state index >= 15 is 0 Å². The van der Waals surface area contributed by atoms with E-state index in [1.54, 1.807) is 12.2 Å². The van der Waals surface area contributed by atoms with Crippen LogP contribution in [-0.4, -0.2) is 23.4 Å². The van der Waals surface area contributed by atoms with E-state index < -0.39 is 0 Å². The fourth-order valence-corrected chi connectivity index (χ4v) is 2.46. The summed E-state index contributed by atoms with van der Waals surface area (Å²) in [6, 6.07) is 0. The van der Waals surface area contributed by atoms with Crippen molar-refractivity contribution in [2.24, 2.45) is 16.8 Å². The van der Waals surface area contributed by atoms with E-state index in [2.05, 4.69) is 24.2 Å². The first kappa shape index (κ1) is 14.7. The molecule has 1 unspecified atom stereocenters. The highest BCUT2D eigenvalue weighted by Gasteiger charge is 2.27. The number of carbonyl (C=O) groups excluding carboxylic acids is 2. The molecule has 1 heterocycles. The molecule has 1 aliphatic heterocycles. The van der Waals surface area contributed by atoms with Gasteiger partial charge in [-0.05, 0) is 23.6 Å². The van der Waals surface area contributed by atoms with Gasteiger partial charge < -0.3 is 5.32 Å². The molecular formula is C15H17ClN2O2. The zero-order valence-electron chi connectivity index (χ0n) is 11.5. The van der Waals surface area contributed by atoms with Crippen molar-refractivity contribution in [1.29, 1.82) is 0 Å². The Balaban J connectivity index is 2.27. The number of aliphatic imine (C=N–C) groups is 1. The number of allylic oxidation sites excluding steroid dienone is 3. The zero-order chi connectivity index (χ0) is 14.7. The molecule has 2 aliphatic rings. The lowest BCUT2D eigenvalue weighted by Crippen LogP contribution is -2.34. The Labute approximate surface area is 123 Å². The quantitative estimate of drug-likeness (QED) is 0.812. The number of halogens is 1. The van der Waals surface area contributed by atoms with Crippen molar-refractivity contribution in [1.82, 2.24) is 5.32 Å². The third-order valence-corrected chi connectivity index (χ3v) is 3.44. The molecule has 0 fully saturated rings. The molecule has 5 heteroatoms. The van der Waals surface area contributed by atoms with Gasteiger partial charge >= 0.3 is 0 Å². The van der Waals surface area contributed by atoms with Crippen molar-refractivity contribution >= 4 is 29.1 Å². The largest absolute Gasteiger partial charge is 0.325 e. The van der Waals surface area contributed by atoms with E-state index in [-0.39, 0.29) is 36.0 Å². The van der Waals surface area contributed by atoms with Crippen LogP contribution < -0.4 is 5.32 Å². The van der Waals surface area contributed by atoms with Crippen LogP contribution in [0.5, 0.6) is 0 Å². The summed E-state index contributed by atoms with van der Waals surface area (Å²) >= 11 is 5.51. The number of fused-ring (bicyclic) bond motifs is 1. The van der Waals surface area contributed by atoms with Crippen molar-refractivity contribution in [3.63, 3.8) is 0 Å². The van der Waals surface area contributed by atoms with E-state index in [0.29, 0.717) is 5.71 Å². The lowest BCUT2D eigenvalue weighted by atomic mass is 9.82. The molecule has 4 nitrogen and oxygen atoms in total. The molecule has 0 bridgehead atoms. The Hall–Kier alpha value is -1.68. The maximum atomic E-state index is 11.7. The Kier molecular flexibility index (Phi) is 4.55. The lowest BCUT2D eigenvalue weighted by molar-refractivity contribution is -0.117. The number of rotatable bonds is 3. The molecule has 2 amide bonds. The maximum Gasteiger partial charge on any atom is 0.248 e. The van der Waals surface area contributed by atoms with Crippen LogP contribution in [0, 0.1) is 11.8 Å². The van der Waals surface area contributed by atoms with Crippen molar-refractivity contribution in [3.8, 4) is 0 Å². The molecule has 106 valence electrons. The predicted molar refractivity (Wildman–Crippen MR) is 79.6 cm³/mol. The van der Waals surface area contributed by atoms with Crippen molar-refractivity contribution in [2.45, 2.75) is 20.3 Å². The number of carbonyl (C=O) groups is 2. The van der Waals surface area contributed by atoms with E-state index in [4.69, 9.17) is 11.6 Å². The summed E-state index contributed by atoms with van der Waals surface area (Å²) in [5.74, 6) is 0.232. The summed E-state index contributed by atoms with van der Waals surface area (Å²) in [7, 11) is 0. The summed E-state index contributed by atoms with van der Waals surface area (Å²) in [5.41, 5.74) is 2.40. The zero-order valence-corrected chi connectivity index (χ0v) is 12.3. The molecule has 0 aromatic carbocycles. The molecule has 0 saturated carbocycles. The second-order valence-electron chi connectivity index (χ2n) is 5.09. The van der Waals surface area contributed by atoms with Crippen LogP contribution in [0.3, 0.4) is 0 Å². The first-order valence-electron chi connectivity index (χ1n) is 6.61. The minimum Gasteiger partial charge on any atom is -0.325 e. The predicted octanol–water partition coefficient (Wildman–Crippen LogP) is 2.37. The molecule has 1 N–H and O–H groups in total. The van der Waals surface area contributed by atoms with Gasteiger partial charge in [-0.25, -0.2) is 4.99 Å². The fourth-order valence-electron chi connectivity index (χ4n) is 2.30. The Morgan fingerprint density at radius 2 is 2.20 bits per heavy atom. The van der Waals surface area contributed by atoms with Crippen LogP contribution in [0.25, 0.3) is 0 Å². The highest BCUT2D eigenvalue weighted by atomic mass is 35.5. The van der Waals surface area contributed by atoms with Crippen molar-refractivity contribution in [2.75, 3.05) is 5.88 Å². The third-order valence-electron chi connectivity index (χ3n) is 3.25. The van der Waals surface area contributed by atoms with E-state index in [1.807, 2.05) is 12.2 Å². The normalized spacial score (nSPS) is 23.3. The third kappa shape index (κ3) is 3.25. The van der Waals surface area contributed by atoms with E-state index in [9.17, 15) is 9.59 Å². The average molecular weight is 293 g/mol. The van der Waals surface area contributed by atoms with Crippen LogP contribution in [0.1, 0.15) is 20.3 Å². The fraction of sp³-hybridized carbons (Fsp3) is 0.400. The van der Waals surface area contributed by atoms with Crippen molar-refractivity contribution in [3.05, 3.63) is 35.6 Å². The number of alkyl halides is 1. The minimum atomic E-state index is -0.253. The van der Waals surface area contributed by atoms with Gasteiger partial charge in [0.05, 0.1) is 5.71 Å². The highest BCUT2D eigenvalue weighted by molar-refractivity contribution is 6.19. The lowest BCUT2D eigenvalue weighted by Gasteiger charge is -2.29. The van der Waals surface area contributed by atoms with Crippen LogP contribution in [-0.2, 0) is 9.59 Å². The molecule has 0 aromatic heterocycles. The molecule has 0 saturated heterocycles. The van der Waals surface area contributed by atoms with Gasteiger partial charge in [0.1, 0.15) is 0 Å². The van der Waals surface area contributed by atoms with Crippen LogP contribution in [0.4, 0.5) is 0 Å². The molecular weight excluding hydrogens is 276 g/mol. The molecule has 0 radical (unpaired) electrons. The second-order valence-corrected chi connectivity index (χ2v) is 5.47. The van der Waals surface area contributed by atoms with Gasteiger partial charge in [-0.3, -0.25) is 9.59 Å². The summed E-state index contributed by atoms with van der Waals surface area (Å²) < 4.78 is 0. The van der Waals surface area contributed by atoms with Crippen LogP contribution in [0.2, 0.25) is 0 Å². The number of nitrogens with zero attached hydrogens (tertiary/aromatic N) is 1. The van der Waals surface area contributed by atoms with Crippen LogP contribution in [0.15, 0.2) is 40.6 Å². The summed E-state index contributed by atoms with van der Waals surface area (Å²) in [4.78, 5) is 27.1. The summed E-state index contributed by atoms with van der Waals surface area (Å²) in [6.07, 6.45) is 7.40. The Morgan fingerprint density at radius 1 is 1.45 bits per heavy atom. The molecule has 2 rings (SSSR count). The second kappa shape index (κ2) is 6.18. The highest BCUT2D eigenvalue weighted by Crippen LogP contribution is 2.31. The molecule has 0 spiro atoms.